The van der Waals surface area contributed by atoms with Crippen LogP contribution in [0.15, 0.2) is 28.2 Å². The molecular weight excluding hydrogens is 414 g/mol. The second-order valence-electron chi connectivity index (χ2n) is 5.58. The molecule has 1 aromatic heterocycles. The molecule has 2 amide bonds. The van der Waals surface area contributed by atoms with Gasteiger partial charge in [0.15, 0.2) is 10.9 Å². The van der Waals surface area contributed by atoms with Crippen molar-refractivity contribution < 1.29 is 9.59 Å². The van der Waals surface area contributed by atoms with Gasteiger partial charge in [-0.15, -0.1) is 0 Å². The highest BCUT2D eigenvalue weighted by Gasteiger charge is 2.26. The molecule has 0 unspecified atom stereocenters. The molecule has 0 aliphatic heterocycles. The minimum atomic E-state index is -0.445. The Bertz CT molecular complexity index is 774. The number of ketones is 1. The fourth-order valence-corrected chi connectivity index (χ4v) is 4.07. The molecule has 0 bridgehead atoms. The topological polar surface area (TPSA) is 71.1 Å². The number of hydrogen-bond donors (Lipinski definition) is 2. The van der Waals surface area contributed by atoms with Crippen molar-refractivity contribution in [2.24, 2.45) is 5.92 Å². The quantitative estimate of drug-likeness (QED) is 0.625. The lowest BCUT2D eigenvalue weighted by Gasteiger charge is -2.14. The molecule has 0 spiro atoms. The van der Waals surface area contributed by atoms with Crippen LogP contribution < -0.4 is 10.6 Å². The number of carbonyl (C=O) groups is 2. The monoisotopic (exact) mass is 427 g/mol. The van der Waals surface area contributed by atoms with Gasteiger partial charge in [0, 0.05) is 16.5 Å². The maximum atomic E-state index is 12.7. The average molecular weight is 429 g/mol. The van der Waals surface area contributed by atoms with Gasteiger partial charge in [-0.05, 0) is 47.0 Å². The number of Topliss-reactive ketones (excluding diaryl/α,β-unsaturated/α-hetero) is 1. The van der Waals surface area contributed by atoms with Gasteiger partial charge < -0.3 is 5.32 Å². The van der Waals surface area contributed by atoms with Crippen molar-refractivity contribution in [3.8, 4) is 0 Å². The van der Waals surface area contributed by atoms with E-state index < -0.39 is 6.03 Å². The van der Waals surface area contributed by atoms with Crippen molar-refractivity contribution in [2.45, 2.75) is 25.7 Å². The fraction of sp³-hybridized carbons (Fsp3) is 0.312. The summed E-state index contributed by atoms with van der Waals surface area (Å²) in [6, 6.07) is 4.49. The van der Waals surface area contributed by atoms with Gasteiger partial charge in [-0.3, -0.25) is 10.1 Å². The lowest BCUT2D eigenvalue weighted by molar-refractivity contribution is 0.0924. The van der Waals surface area contributed by atoms with Crippen LogP contribution in [0.4, 0.5) is 15.6 Å². The molecule has 1 aromatic carbocycles. The Balaban J connectivity index is 1.77. The zero-order valence-corrected chi connectivity index (χ0v) is 15.8. The van der Waals surface area contributed by atoms with E-state index in [1.807, 2.05) is 0 Å². The third kappa shape index (κ3) is 4.15. The number of hydrogen-bond acceptors (Lipinski definition) is 4. The molecule has 5 nitrogen and oxygen atoms in total. The molecule has 1 heterocycles. The molecule has 2 aromatic rings. The summed E-state index contributed by atoms with van der Waals surface area (Å²) in [5, 5.41) is 6.31. The van der Waals surface area contributed by atoms with Gasteiger partial charge in [0.05, 0.1) is 15.7 Å². The van der Waals surface area contributed by atoms with Crippen LogP contribution in [0.2, 0.25) is 5.02 Å². The lowest BCUT2D eigenvalue weighted by atomic mass is 9.95. The van der Waals surface area contributed by atoms with Crippen LogP contribution in [0.5, 0.6) is 0 Å². The van der Waals surface area contributed by atoms with Crippen molar-refractivity contribution >= 4 is 61.5 Å². The summed E-state index contributed by atoms with van der Waals surface area (Å²) >= 11 is 10.6. The third-order valence-corrected chi connectivity index (χ3v) is 5.55. The molecule has 24 heavy (non-hydrogen) atoms. The number of aromatic nitrogens is 1. The van der Waals surface area contributed by atoms with E-state index in [1.165, 1.54) is 11.3 Å². The molecule has 0 saturated heterocycles. The van der Waals surface area contributed by atoms with Gasteiger partial charge in [-0.25, -0.2) is 9.78 Å². The van der Waals surface area contributed by atoms with Crippen LogP contribution in [0, 0.1) is 5.92 Å². The number of carbonyl (C=O) groups excluding carboxylic acids is 2. The number of benzene rings is 1. The number of anilines is 2. The maximum Gasteiger partial charge on any atom is 0.325 e. The molecule has 3 rings (SSSR count). The standard InChI is InChI=1S/C16H15BrClN3O2S/c17-13-8-19-16(24-13)21-15(23)20-12-6-5-10(18)7-11(12)14(22)9-3-1-2-4-9/h5-9H,1-4H2,(H2,19,20,21,23). The lowest BCUT2D eigenvalue weighted by Crippen LogP contribution is -2.22. The minimum Gasteiger partial charge on any atom is -0.307 e. The van der Waals surface area contributed by atoms with E-state index in [-0.39, 0.29) is 11.7 Å². The van der Waals surface area contributed by atoms with E-state index in [0.29, 0.717) is 21.4 Å². The summed E-state index contributed by atoms with van der Waals surface area (Å²) in [6.07, 6.45) is 5.53. The van der Waals surface area contributed by atoms with Crippen LogP contribution in [0.1, 0.15) is 36.0 Å². The third-order valence-electron chi connectivity index (χ3n) is 3.92. The smallest absolute Gasteiger partial charge is 0.307 e. The summed E-state index contributed by atoms with van der Waals surface area (Å²) in [4.78, 5) is 28.9. The number of urea groups is 1. The van der Waals surface area contributed by atoms with Crippen molar-refractivity contribution in [1.82, 2.24) is 4.98 Å². The van der Waals surface area contributed by atoms with Crippen molar-refractivity contribution in [1.29, 1.82) is 0 Å². The van der Waals surface area contributed by atoms with Gasteiger partial charge in [-0.1, -0.05) is 35.8 Å². The van der Waals surface area contributed by atoms with E-state index >= 15 is 0 Å². The van der Waals surface area contributed by atoms with E-state index in [9.17, 15) is 9.59 Å². The fourth-order valence-electron chi connectivity index (χ4n) is 2.80. The number of nitrogens with one attached hydrogen (secondary N) is 2. The first-order chi connectivity index (χ1) is 11.5. The van der Waals surface area contributed by atoms with Gasteiger partial charge >= 0.3 is 6.03 Å². The highest BCUT2D eigenvalue weighted by atomic mass is 79.9. The summed E-state index contributed by atoms with van der Waals surface area (Å²) in [5.41, 5.74) is 0.925. The zero-order chi connectivity index (χ0) is 17.1. The maximum absolute atomic E-state index is 12.7. The highest BCUT2D eigenvalue weighted by Crippen LogP contribution is 2.32. The van der Waals surface area contributed by atoms with Gasteiger partial charge in [0.25, 0.3) is 0 Å². The first-order valence-corrected chi connectivity index (χ1v) is 9.55. The summed E-state index contributed by atoms with van der Waals surface area (Å²) in [6.45, 7) is 0. The summed E-state index contributed by atoms with van der Waals surface area (Å²) < 4.78 is 0.821. The molecule has 126 valence electrons. The number of amides is 2. The summed E-state index contributed by atoms with van der Waals surface area (Å²) in [5.74, 6) is 0.0595. The Morgan fingerprint density at radius 1 is 1.25 bits per heavy atom. The largest absolute Gasteiger partial charge is 0.325 e. The molecule has 0 atom stereocenters. The number of rotatable bonds is 4. The SMILES string of the molecule is O=C(Nc1ncc(Br)s1)Nc1ccc(Cl)cc1C(=O)C1CCCC1. The Labute approximate surface area is 156 Å². The minimum absolute atomic E-state index is 0.0157. The average Bonchev–Trinajstić information content (AvgIpc) is 3.20. The van der Waals surface area contributed by atoms with Gasteiger partial charge in [-0.2, -0.15) is 0 Å². The predicted molar refractivity (Wildman–Crippen MR) is 100 cm³/mol. The van der Waals surface area contributed by atoms with E-state index in [0.717, 1.165) is 29.5 Å². The van der Waals surface area contributed by atoms with E-state index in [4.69, 9.17) is 11.6 Å². The molecule has 1 fully saturated rings. The number of thiazole rings is 1. The Morgan fingerprint density at radius 2 is 2.00 bits per heavy atom. The second kappa shape index (κ2) is 7.63. The van der Waals surface area contributed by atoms with Gasteiger partial charge in [0.1, 0.15) is 0 Å². The highest BCUT2D eigenvalue weighted by molar-refractivity contribution is 9.11. The van der Waals surface area contributed by atoms with Crippen molar-refractivity contribution in [2.75, 3.05) is 10.6 Å². The van der Waals surface area contributed by atoms with Crippen LogP contribution >= 0.6 is 38.9 Å². The Morgan fingerprint density at radius 3 is 2.67 bits per heavy atom. The van der Waals surface area contributed by atoms with Crippen molar-refractivity contribution in [3.63, 3.8) is 0 Å². The molecule has 1 aliphatic rings. The van der Waals surface area contributed by atoms with E-state index in [2.05, 4.69) is 31.5 Å². The Hall–Kier alpha value is -1.44. The van der Waals surface area contributed by atoms with E-state index in [1.54, 1.807) is 24.4 Å². The van der Waals surface area contributed by atoms with Crippen LogP contribution in [-0.2, 0) is 0 Å². The zero-order valence-electron chi connectivity index (χ0n) is 12.6. The molecule has 8 heteroatoms. The first-order valence-electron chi connectivity index (χ1n) is 7.56. The summed E-state index contributed by atoms with van der Waals surface area (Å²) in [7, 11) is 0. The van der Waals surface area contributed by atoms with Crippen LogP contribution in [0.25, 0.3) is 0 Å². The molecule has 0 radical (unpaired) electrons. The Kier molecular flexibility index (Phi) is 5.53. The first kappa shape index (κ1) is 17.4. The molecule has 2 N–H and O–H groups in total. The predicted octanol–water partition coefficient (Wildman–Crippen LogP) is 5.58. The van der Waals surface area contributed by atoms with Crippen LogP contribution in [0.3, 0.4) is 0 Å². The van der Waals surface area contributed by atoms with Crippen molar-refractivity contribution in [3.05, 3.63) is 38.8 Å². The number of halogens is 2. The van der Waals surface area contributed by atoms with Crippen LogP contribution in [-0.4, -0.2) is 16.8 Å². The molecular formula is C16H15BrClN3O2S. The normalized spacial score (nSPS) is 14.6. The second-order valence-corrected chi connectivity index (χ2v) is 8.43. The number of nitrogens with zero attached hydrogens (tertiary/aromatic N) is 1. The molecule has 1 saturated carbocycles. The van der Waals surface area contributed by atoms with Gasteiger partial charge in [0.2, 0.25) is 0 Å². The molecule has 1 aliphatic carbocycles.